The van der Waals surface area contributed by atoms with Crippen LogP contribution in [0.4, 0.5) is 0 Å². The second-order valence-electron chi connectivity index (χ2n) is 4.67. The molecule has 2 fully saturated rings. The summed E-state index contributed by atoms with van der Waals surface area (Å²) in [7, 11) is 0. The Balaban J connectivity index is 2.26. The number of hydrogen-bond donors (Lipinski definition) is 0. The van der Waals surface area contributed by atoms with Gasteiger partial charge in [0.15, 0.2) is 0 Å². The lowest BCUT2D eigenvalue weighted by Gasteiger charge is -2.27. The normalized spacial score (nSPS) is 48.6. The lowest BCUT2D eigenvalue weighted by atomic mass is 9.83. The van der Waals surface area contributed by atoms with Crippen molar-refractivity contribution in [3.63, 3.8) is 0 Å². The Morgan fingerprint density at radius 1 is 1.15 bits per heavy atom. The van der Waals surface area contributed by atoms with Gasteiger partial charge in [-0.3, -0.25) is 0 Å². The molecule has 2 rings (SSSR count). The van der Waals surface area contributed by atoms with Crippen LogP contribution in [0.3, 0.4) is 0 Å². The first-order chi connectivity index (χ1) is 6.25. The van der Waals surface area contributed by atoms with E-state index in [1.807, 2.05) is 0 Å². The monoisotopic (exact) mass is 179 g/mol. The van der Waals surface area contributed by atoms with Gasteiger partial charge in [-0.15, -0.1) is 0 Å². The number of azide groups is 1. The molecule has 1 unspecified atom stereocenters. The quantitative estimate of drug-likeness (QED) is 0.336. The van der Waals surface area contributed by atoms with Crippen LogP contribution in [0, 0.1) is 23.7 Å². The van der Waals surface area contributed by atoms with Crippen molar-refractivity contribution in [2.24, 2.45) is 28.8 Å². The van der Waals surface area contributed by atoms with Gasteiger partial charge < -0.3 is 0 Å². The van der Waals surface area contributed by atoms with Gasteiger partial charge in [-0.2, -0.15) is 0 Å². The standard InChI is InChI=1S/C10H17N3/c1-6-7(2)9-5-3-4-8(6)10(9)12-13-11/h6-10H,3-5H2,1-2H3/t6-,7+,8-,9+,10?. The number of nitrogens with zero attached hydrogens (tertiary/aromatic N) is 3. The first-order valence-electron chi connectivity index (χ1n) is 5.30. The zero-order valence-electron chi connectivity index (χ0n) is 8.35. The minimum Gasteiger partial charge on any atom is -0.0900 e. The number of fused-ring (bicyclic) bond motifs is 2. The highest BCUT2D eigenvalue weighted by atomic mass is 15.2. The molecule has 0 aromatic rings. The molecule has 2 saturated carbocycles. The second-order valence-corrected chi connectivity index (χ2v) is 4.67. The molecule has 0 aliphatic heterocycles. The summed E-state index contributed by atoms with van der Waals surface area (Å²) in [6.07, 6.45) is 3.87. The Bertz CT molecular complexity index is 229. The maximum atomic E-state index is 8.51. The van der Waals surface area contributed by atoms with E-state index in [0.29, 0.717) is 17.9 Å². The van der Waals surface area contributed by atoms with Crippen LogP contribution in [-0.4, -0.2) is 6.04 Å². The summed E-state index contributed by atoms with van der Waals surface area (Å²) in [5, 5.41) is 3.99. The molecule has 0 aromatic heterocycles. The number of rotatable bonds is 1. The Kier molecular flexibility index (Phi) is 2.20. The lowest BCUT2D eigenvalue weighted by Crippen LogP contribution is -2.25. The molecule has 3 heteroatoms. The Morgan fingerprint density at radius 2 is 1.69 bits per heavy atom. The van der Waals surface area contributed by atoms with Crippen molar-refractivity contribution in [2.45, 2.75) is 39.2 Å². The molecule has 2 aliphatic carbocycles. The molecule has 2 aliphatic rings. The molecular weight excluding hydrogens is 162 g/mol. The van der Waals surface area contributed by atoms with Crippen molar-refractivity contribution in [2.75, 3.05) is 0 Å². The van der Waals surface area contributed by atoms with Gasteiger partial charge in [0.2, 0.25) is 0 Å². The van der Waals surface area contributed by atoms with Crippen LogP contribution in [0.25, 0.3) is 10.4 Å². The van der Waals surface area contributed by atoms with E-state index < -0.39 is 0 Å². The third-order valence-corrected chi connectivity index (χ3v) is 4.32. The predicted octanol–water partition coefficient (Wildman–Crippen LogP) is 3.37. The third kappa shape index (κ3) is 1.22. The molecule has 13 heavy (non-hydrogen) atoms. The fourth-order valence-electron chi connectivity index (χ4n) is 3.41. The van der Waals surface area contributed by atoms with Crippen LogP contribution in [0.15, 0.2) is 5.11 Å². The molecule has 0 spiro atoms. The Hall–Kier alpha value is -0.690. The highest BCUT2D eigenvalue weighted by Crippen LogP contribution is 2.51. The first-order valence-corrected chi connectivity index (χ1v) is 5.30. The molecule has 0 amide bonds. The molecule has 2 bridgehead atoms. The average Bonchev–Trinajstić information content (AvgIpc) is 2.30. The maximum absolute atomic E-state index is 8.51. The smallest absolute Gasteiger partial charge is 0.0435 e. The van der Waals surface area contributed by atoms with Crippen LogP contribution >= 0.6 is 0 Å². The molecule has 0 heterocycles. The summed E-state index contributed by atoms with van der Waals surface area (Å²) in [5.41, 5.74) is 8.51. The van der Waals surface area contributed by atoms with Crippen LogP contribution < -0.4 is 0 Å². The van der Waals surface area contributed by atoms with Crippen LogP contribution in [0.5, 0.6) is 0 Å². The summed E-state index contributed by atoms with van der Waals surface area (Å²) in [5.74, 6) is 2.85. The Morgan fingerprint density at radius 3 is 2.15 bits per heavy atom. The lowest BCUT2D eigenvalue weighted by molar-refractivity contribution is 0.281. The molecular formula is C10H17N3. The van der Waals surface area contributed by atoms with Gasteiger partial charge in [0, 0.05) is 11.0 Å². The maximum Gasteiger partial charge on any atom is 0.0435 e. The van der Waals surface area contributed by atoms with Gasteiger partial charge in [0.05, 0.1) is 0 Å². The molecule has 5 atom stereocenters. The van der Waals surface area contributed by atoms with E-state index in [9.17, 15) is 0 Å². The predicted molar refractivity (Wildman–Crippen MR) is 52.1 cm³/mol. The van der Waals surface area contributed by atoms with Crippen molar-refractivity contribution in [3.05, 3.63) is 10.4 Å². The van der Waals surface area contributed by atoms with Gasteiger partial charge in [-0.25, -0.2) is 0 Å². The molecule has 0 N–H and O–H groups in total. The van der Waals surface area contributed by atoms with Gasteiger partial charge in [-0.1, -0.05) is 25.4 Å². The highest BCUT2D eigenvalue weighted by Gasteiger charge is 2.47. The van der Waals surface area contributed by atoms with Crippen molar-refractivity contribution in [3.8, 4) is 0 Å². The van der Waals surface area contributed by atoms with E-state index in [4.69, 9.17) is 5.53 Å². The van der Waals surface area contributed by atoms with Gasteiger partial charge in [-0.05, 0) is 42.0 Å². The molecule has 0 aromatic carbocycles. The van der Waals surface area contributed by atoms with Crippen molar-refractivity contribution in [1.82, 2.24) is 0 Å². The fourth-order valence-corrected chi connectivity index (χ4v) is 3.41. The van der Waals surface area contributed by atoms with Gasteiger partial charge in [0.1, 0.15) is 0 Å². The fraction of sp³-hybridized carbons (Fsp3) is 1.00. The van der Waals surface area contributed by atoms with Crippen molar-refractivity contribution < 1.29 is 0 Å². The number of hydrogen-bond acceptors (Lipinski definition) is 1. The van der Waals surface area contributed by atoms with E-state index in [1.165, 1.54) is 19.3 Å². The minimum atomic E-state index is 0.309. The first kappa shape index (κ1) is 8.89. The van der Waals surface area contributed by atoms with E-state index >= 15 is 0 Å². The van der Waals surface area contributed by atoms with E-state index in [1.54, 1.807) is 0 Å². The summed E-state index contributed by atoms with van der Waals surface area (Å²) < 4.78 is 0. The van der Waals surface area contributed by atoms with Gasteiger partial charge in [0.25, 0.3) is 0 Å². The molecule has 3 nitrogen and oxygen atoms in total. The van der Waals surface area contributed by atoms with E-state index in [2.05, 4.69) is 23.9 Å². The Labute approximate surface area is 79.1 Å². The van der Waals surface area contributed by atoms with Crippen LogP contribution in [0.1, 0.15) is 33.1 Å². The van der Waals surface area contributed by atoms with Crippen LogP contribution in [-0.2, 0) is 0 Å². The van der Waals surface area contributed by atoms with Crippen LogP contribution in [0.2, 0.25) is 0 Å². The SMILES string of the molecule is C[C@@H]1[C@H](C)[C@@H]2CCC[C@H]1C2N=[N+]=[N-]. The summed E-state index contributed by atoms with van der Waals surface area (Å²) in [6, 6.07) is 0.309. The summed E-state index contributed by atoms with van der Waals surface area (Å²) in [4.78, 5) is 2.99. The summed E-state index contributed by atoms with van der Waals surface area (Å²) in [6.45, 7) is 4.64. The largest absolute Gasteiger partial charge is 0.0900 e. The summed E-state index contributed by atoms with van der Waals surface area (Å²) >= 11 is 0. The zero-order chi connectivity index (χ0) is 9.42. The van der Waals surface area contributed by atoms with Crippen molar-refractivity contribution in [1.29, 1.82) is 0 Å². The molecule has 72 valence electrons. The highest BCUT2D eigenvalue weighted by molar-refractivity contribution is 5.00. The van der Waals surface area contributed by atoms with Crippen molar-refractivity contribution >= 4 is 0 Å². The average molecular weight is 179 g/mol. The second kappa shape index (κ2) is 3.22. The van der Waals surface area contributed by atoms with Gasteiger partial charge >= 0.3 is 0 Å². The molecule has 0 radical (unpaired) electrons. The van der Waals surface area contributed by atoms with E-state index in [-0.39, 0.29) is 0 Å². The third-order valence-electron chi connectivity index (χ3n) is 4.32. The van der Waals surface area contributed by atoms with E-state index in [0.717, 1.165) is 11.8 Å². The zero-order valence-corrected chi connectivity index (χ0v) is 8.35. The topological polar surface area (TPSA) is 48.8 Å². The molecule has 0 saturated heterocycles. The minimum absolute atomic E-state index is 0.309.